The molecule has 1 heterocycles. The largest absolute Gasteiger partial charge is 0.345 e. The van der Waals surface area contributed by atoms with Crippen molar-refractivity contribution in [2.45, 2.75) is 32.2 Å². The number of hydrogen-bond acceptors (Lipinski definition) is 3. The number of piperazine rings is 1. The van der Waals surface area contributed by atoms with E-state index < -0.39 is 0 Å². The van der Waals surface area contributed by atoms with Crippen LogP contribution in [0.25, 0.3) is 0 Å². The van der Waals surface area contributed by atoms with E-state index in [-0.39, 0.29) is 24.4 Å². The van der Waals surface area contributed by atoms with Crippen LogP contribution in [0.2, 0.25) is 0 Å². The third-order valence-corrected chi connectivity index (χ3v) is 3.53. The van der Waals surface area contributed by atoms with Gasteiger partial charge in [0.05, 0.1) is 6.54 Å². The SMILES string of the molecule is CSCCCCCN1C(=O)CNC(=O)C1C. The number of carbonyl (C=O) groups excluding carboxylic acids is 2. The van der Waals surface area contributed by atoms with Crippen molar-refractivity contribution in [2.24, 2.45) is 0 Å². The van der Waals surface area contributed by atoms with Crippen LogP contribution in [-0.2, 0) is 9.59 Å². The fraction of sp³-hybridized carbons (Fsp3) is 0.818. The zero-order valence-electron chi connectivity index (χ0n) is 9.99. The number of carbonyl (C=O) groups is 2. The Balaban J connectivity index is 2.28. The summed E-state index contributed by atoms with van der Waals surface area (Å²) in [7, 11) is 0. The highest BCUT2D eigenvalue weighted by Crippen LogP contribution is 2.09. The summed E-state index contributed by atoms with van der Waals surface area (Å²) >= 11 is 1.84. The van der Waals surface area contributed by atoms with Crippen LogP contribution in [0.4, 0.5) is 0 Å². The first-order valence-electron chi connectivity index (χ1n) is 5.73. The van der Waals surface area contributed by atoms with E-state index in [1.807, 2.05) is 11.8 Å². The van der Waals surface area contributed by atoms with Crippen LogP contribution in [0.15, 0.2) is 0 Å². The fourth-order valence-electron chi connectivity index (χ4n) is 1.79. The summed E-state index contributed by atoms with van der Waals surface area (Å²) < 4.78 is 0. The van der Waals surface area contributed by atoms with Gasteiger partial charge in [0.15, 0.2) is 0 Å². The summed E-state index contributed by atoms with van der Waals surface area (Å²) in [5.41, 5.74) is 0. The van der Waals surface area contributed by atoms with Crippen molar-refractivity contribution in [1.29, 1.82) is 0 Å². The molecule has 1 atom stereocenters. The fourth-order valence-corrected chi connectivity index (χ4v) is 2.29. The molecule has 0 aromatic rings. The van der Waals surface area contributed by atoms with Gasteiger partial charge in [0.25, 0.3) is 0 Å². The lowest BCUT2D eigenvalue weighted by molar-refractivity contribution is -0.144. The third-order valence-electron chi connectivity index (χ3n) is 2.83. The smallest absolute Gasteiger partial charge is 0.242 e. The van der Waals surface area contributed by atoms with Crippen molar-refractivity contribution in [2.75, 3.05) is 25.1 Å². The van der Waals surface area contributed by atoms with Gasteiger partial charge in [0.2, 0.25) is 11.8 Å². The zero-order chi connectivity index (χ0) is 12.0. The lowest BCUT2D eigenvalue weighted by atomic mass is 10.1. The van der Waals surface area contributed by atoms with Crippen molar-refractivity contribution in [3.8, 4) is 0 Å². The van der Waals surface area contributed by atoms with Crippen molar-refractivity contribution in [1.82, 2.24) is 10.2 Å². The summed E-state index contributed by atoms with van der Waals surface area (Å²) in [4.78, 5) is 24.6. The summed E-state index contributed by atoms with van der Waals surface area (Å²) in [5.74, 6) is 1.17. The number of unbranched alkanes of at least 4 members (excludes halogenated alkanes) is 2. The molecule has 0 aromatic carbocycles. The molecule has 0 aromatic heterocycles. The van der Waals surface area contributed by atoms with Gasteiger partial charge < -0.3 is 10.2 Å². The second kappa shape index (κ2) is 6.78. The van der Waals surface area contributed by atoms with E-state index >= 15 is 0 Å². The molecule has 1 N–H and O–H groups in total. The highest BCUT2D eigenvalue weighted by atomic mass is 32.2. The van der Waals surface area contributed by atoms with Gasteiger partial charge >= 0.3 is 0 Å². The molecule has 1 aliphatic rings. The van der Waals surface area contributed by atoms with Crippen LogP contribution in [0.1, 0.15) is 26.2 Å². The number of thioether (sulfide) groups is 1. The summed E-state index contributed by atoms with van der Waals surface area (Å²) in [6.07, 6.45) is 5.40. The standard InChI is InChI=1S/C11H20N2O2S/c1-9-11(15)12-8-10(14)13(9)6-4-3-5-7-16-2/h9H,3-8H2,1-2H3,(H,12,15). The van der Waals surface area contributed by atoms with Gasteiger partial charge in [-0.3, -0.25) is 9.59 Å². The molecule has 0 radical (unpaired) electrons. The molecule has 1 aliphatic heterocycles. The van der Waals surface area contributed by atoms with E-state index in [0.717, 1.165) is 12.8 Å². The van der Waals surface area contributed by atoms with Gasteiger partial charge in [-0.15, -0.1) is 0 Å². The predicted molar refractivity (Wildman–Crippen MR) is 66.4 cm³/mol. The normalized spacial score (nSPS) is 21.1. The van der Waals surface area contributed by atoms with E-state index in [9.17, 15) is 9.59 Å². The van der Waals surface area contributed by atoms with Crippen LogP contribution in [0, 0.1) is 0 Å². The van der Waals surface area contributed by atoms with Crippen LogP contribution in [-0.4, -0.2) is 47.9 Å². The summed E-state index contributed by atoms with van der Waals surface area (Å²) in [5, 5.41) is 2.59. The quantitative estimate of drug-likeness (QED) is 0.705. The van der Waals surface area contributed by atoms with E-state index in [4.69, 9.17) is 0 Å². The molecule has 5 heteroatoms. The zero-order valence-corrected chi connectivity index (χ0v) is 10.8. The first-order valence-corrected chi connectivity index (χ1v) is 7.12. The molecule has 4 nitrogen and oxygen atoms in total. The molecule has 1 saturated heterocycles. The van der Waals surface area contributed by atoms with Crippen LogP contribution in [0.3, 0.4) is 0 Å². The van der Waals surface area contributed by atoms with Crippen molar-refractivity contribution in [3.05, 3.63) is 0 Å². The maximum absolute atomic E-state index is 11.6. The first-order chi connectivity index (χ1) is 7.66. The Labute approximate surface area is 101 Å². The van der Waals surface area contributed by atoms with Gasteiger partial charge in [0, 0.05) is 6.54 Å². The minimum absolute atomic E-state index is 0.0382. The van der Waals surface area contributed by atoms with E-state index in [2.05, 4.69) is 11.6 Å². The number of nitrogens with one attached hydrogen (secondary N) is 1. The van der Waals surface area contributed by atoms with Crippen molar-refractivity contribution >= 4 is 23.6 Å². The van der Waals surface area contributed by atoms with Gasteiger partial charge in [-0.1, -0.05) is 6.42 Å². The number of amides is 2. The summed E-state index contributed by atoms with van der Waals surface area (Å²) in [6, 6.07) is -0.304. The predicted octanol–water partition coefficient (Wildman–Crippen LogP) is 0.867. The monoisotopic (exact) mass is 244 g/mol. The minimum atomic E-state index is -0.304. The Bertz CT molecular complexity index is 258. The van der Waals surface area contributed by atoms with Crippen LogP contribution >= 0.6 is 11.8 Å². The molecule has 0 bridgehead atoms. The Morgan fingerprint density at radius 3 is 2.81 bits per heavy atom. The molecule has 0 aliphatic carbocycles. The molecule has 92 valence electrons. The number of rotatable bonds is 6. The Hall–Kier alpha value is -0.710. The summed E-state index contributed by atoms with van der Waals surface area (Å²) in [6.45, 7) is 2.66. The molecule has 16 heavy (non-hydrogen) atoms. The molecule has 0 spiro atoms. The highest BCUT2D eigenvalue weighted by Gasteiger charge is 2.29. The topological polar surface area (TPSA) is 49.4 Å². The third kappa shape index (κ3) is 3.70. The average Bonchev–Trinajstić information content (AvgIpc) is 2.28. The van der Waals surface area contributed by atoms with Gasteiger partial charge in [-0.2, -0.15) is 11.8 Å². The Kier molecular flexibility index (Phi) is 5.66. The second-order valence-electron chi connectivity index (χ2n) is 4.03. The van der Waals surface area contributed by atoms with Gasteiger partial charge in [0.1, 0.15) is 6.04 Å². The minimum Gasteiger partial charge on any atom is -0.345 e. The molecular formula is C11H20N2O2S. The highest BCUT2D eigenvalue weighted by molar-refractivity contribution is 7.98. The first kappa shape index (κ1) is 13.4. The molecule has 1 rings (SSSR count). The van der Waals surface area contributed by atoms with E-state index in [0.29, 0.717) is 6.54 Å². The maximum Gasteiger partial charge on any atom is 0.242 e. The van der Waals surface area contributed by atoms with Gasteiger partial charge in [-0.25, -0.2) is 0 Å². The molecule has 2 amide bonds. The maximum atomic E-state index is 11.6. The van der Waals surface area contributed by atoms with E-state index in [1.54, 1.807) is 11.8 Å². The Morgan fingerprint density at radius 2 is 2.12 bits per heavy atom. The van der Waals surface area contributed by atoms with Crippen LogP contribution in [0.5, 0.6) is 0 Å². The van der Waals surface area contributed by atoms with Crippen molar-refractivity contribution in [3.63, 3.8) is 0 Å². The Morgan fingerprint density at radius 1 is 1.38 bits per heavy atom. The van der Waals surface area contributed by atoms with Gasteiger partial charge in [-0.05, 0) is 31.8 Å². The molecular weight excluding hydrogens is 224 g/mol. The second-order valence-corrected chi connectivity index (χ2v) is 5.02. The lowest BCUT2D eigenvalue weighted by Gasteiger charge is -2.32. The molecule has 1 fully saturated rings. The lowest BCUT2D eigenvalue weighted by Crippen LogP contribution is -2.57. The molecule has 0 saturated carbocycles. The number of nitrogens with zero attached hydrogens (tertiary/aromatic N) is 1. The van der Waals surface area contributed by atoms with Crippen molar-refractivity contribution < 1.29 is 9.59 Å². The van der Waals surface area contributed by atoms with E-state index in [1.165, 1.54) is 12.2 Å². The average molecular weight is 244 g/mol. The number of hydrogen-bond donors (Lipinski definition) is 1. The van der Waals surface area contributed by atoms with Crippen LogP contribution < -0.4 is 5.32 Å². The molecule has 1 unspecified atom stereocenters.